The van der Waals surface area contributed by atoms with Crippen molar-refractivity contribution in [1.29, 1.82) is 0 Å². The Bertz CT molecular complexity index is 728. The average Bonchev–Trinajstić information content (AvgIpc) is 2.63. The highest BCUT2D eigenvalue weighted by atomic mass is 35.5. The molecule has 0 spiro atoms. The number of methoxy groups -OCH3 is 2. The number of alkyl halides is 2. The van der Waals surface area contributed by atoms with Gasteiger partial charge in [0, 0.05) is 5.92 Å². The zero-order valence-corrected chi connectivity index (χ0v) is 17.1. The van der Waals surface area contributed by atoms with E-state index in [0.717, 1.165) is 47.2 Å². The zero-order chi connectivity index (χ0) is 18.0. The molecule has 2 nitrogen and oxygen atoms in total. The molecule has 25 heavy (non-hydrogen) atoms. The van der Waals surface area contributed by atoms with Gasteiger partial charge in [0.15, 0.2) is 0 Å². The summed E-state index contributed by atoms with van der Waals surface area (Å²) in [4.78, 5) is 0. The lowest BCUT2D eigenvalue weighted by molar-refractivity contribution is 0.397. The van der Waals surface area contributed by atoms with E-state index in [2.05, 4.69) is 27.4 Å². The Kier molecular flexibility index (Phi) is 6.15. The van der Waals surface area contributed by atoms with Crippen molar-refractivity contribution < 1.29 is 9.47 Å². The molecule has 0 N–H and O–H groups in total. The Morgan fingerprint density at radius 3 is 2.24 bits per heavy atom. The van der Waals surface area contributed by atoms with Crippen LogP contribution >= 0.6 is 32.4 Å². The second-order valence-electron chi connectivity index (χ2n) is 6.34. The first-order chi connectivity index (χ1) is 12.1. The van der Waals surface area contributed by atoms with Crippen LogP contribution in [0.4, 0.5) is 0 Å². The Hall–Kier alpha value is -0.950. The summed E-state index contributed by atoms with van der Waals surface area (Å²) >= 11 is 13.2. The molecule has 1 aliphatic carbocycles. The summed E-state index contributed by atoms with van der Waals surface area (Å²) in [5.41, 5.74) is 3.29. The predicted molar refractivity (Wildman–Crippen MR) is 110 cm³/mol. The minimum atomic E-state index is -0.0865. The third kappa shape index (κ3) is 3.63. The molecular weight excluding hydrogens is 374 g/mol. The lowest BCUT2D eigenvalue weighted by Gasteiger charge is -2.33. The maximum absolute atomic E-state index is 6.74. The lowest BCUT2D eigenvalue weighted by atomic mass is 9.80. The van der Waals surface area contributed by atoms with Crippen molar-refractivity contribution in [3.05, 3.63) is 42.0 Å². The van der Waals surface area contributed by atoms with Crippen LogP contribution in [0.1, 0.15) is 30.7 Å². The van der Waals surface area contributed by atoms with Crippen LogP contribution in [0, 0.1) is 0 Å². The molecule has 1 aliphatic rings. The highest BCUT2D eigenvalue weighted by molar-refractivity contribution is 7.27. The maximum atomic E-state index is 6.74. The van der Waals surface area contributed by atoms with E-state index in [0.29, 0.717) is 0 Å². The standard InChI is InChI=1S/C20H23Cl2O2P/c1-23-15-9-5-10-16(24-2)19(15)12-6-4-11-17(25)18(12)13-7-3-8-14(21)20(13)22/h4-6,9-11,13-14,20H,3,7-8,25H2,1-2H3. The van der Waals surface area contributed by atoms with Crippen molar-refractivity contribution in [2.45, 2.75) is 35.9 Å². The van der Waals surface area contributed by atoms with E-state index in [1.54, 1.807) is 14.2 Å². The topological polar surface area (TPSA) is 18.5 Å². The monoisotopic (exact) mass is 396 g/mol. The molecule has 3 rings (SSSR count). The summed E-state index contributed by atoms with van der Waals surface area (Å²) in [6.07, 6.45) is 3.09. The van der Waals surface area contributed by atoms with E-state index in [9.17, 15) is 0 Å². The van der Waals surface area contributed by atoms with E-state index in [4.69, 9.17) is 32.7 Å². The number of hydrogen-bond acceptors (Lipinski definition) is 2. The fourth-order valence-corrected chi connectivity index (χ4v) is 4.93. The second-order valence-corrected chi connectivity index (χ2v) is 8.03. The predicted octanol–water partition coefficient (Wildman–Crippen LogP) is 5.35. The molecule has 134 valence electrons. The number of hydrogen-bond donors (Lipinski definition) is 0. The molecule has 4 atom stereocenters. The van der Waals surface area contributed by atoms with Gasteiger partial charge in [0.2, 0.25) is 0 Å². The third-order valence-electron chi connectivity index (χ3n) is 4.93. The molecule has 2 aromatic rings. The smallest absolute Gasteiger partial charge is 0.130 e. The van der Waals surface area contributed by atoms with Crippen molar-refractivity contribution in [3.63, 3.8) is 0 Å². The number of ether oxygens (including phenoxy) is 2. The first kappa shape index (κ1) is 18.8. The molecule has 0 heterocycles. The molecule has 0 aromatic heterocycles. The van der Waals surface area contributed by atoms with E-state index in [-0.39, 0.29) is 16.7 Å². The molecule has 0 radical (unpaired) electrons. The summed E-state index contributed by atoms with van der Waals surface area (Å²) in [6.45, 7) is 0. The van der Waals surface area contributed by atoms with Gasteiger partial charge >= 0.3 is 0 Å². The van der Waals surface area contributed by atoms with Crippen LogP contribution in [0.3, 0.4) is 0 Å². The van der Waals surface area contributed by atoms with Gasteiger partial charge in [-0.2, -0.15) is 0 Å². The number of benzene rings is 2. The van der Waals surface area contributed by atoms with Crippen LogP contribution in [0.25, 0.3) is 11.1 Å². The van der Waals surface area contributed by atoms with Crippen molar-refractivity contribution in [2.24, 2.45) is 0 Å². The van der Waals surface area contributed by atoms with Crippen LogP contribution in [0.15, 0.2) is 36.4 Å². The molecule has 0 bridgehead atoms. The first-order valence-corrected chi connectivity index (χ1v) is 9.91. The van der Waals surface area contributed by atoms with Crippen molar-refractivity contribution in [3.8, 4) is 22.6 Å². The van der Waals surface area contributed by atoms with Crippen LogP contribution in [0.5, 0.6) is 11.5 Å². The van der Waals surface area contributed by atoms with Gasteiger partial charge in [-0.15, -0.1) is 32.4 Å². The summed E-state index contributed by atoms with van der Waals surface area (Å²) in [6, 6.07) is 12.1. The van der Waals surface area contributed by atoms with E-state index in [1.165, 1.54) is 5.56 Å². The average molecular weight is 397 g/mol. The lowest BCUT2D eigenvalue weighted by Crippen LogP contribution is -2.30. The van der Waals surface area contributed by atoms with Gasteiger partial charge in [0.1, 0.15) is 11.5 Å². The third-order valence-corrected chi connectivity index (χ3v) is 6.66. The zero-order valence-electron chi connectivity index (χ0n) is 14.5. The highest BCUT2D eigenvalue weighted by Gasteiger charge is 2.34. The number of rotatable bonds is 4. The van der Waals surface area contributed by atoms with Gasteiger partial charge in [-0.05, 0) is 41.4 Å². The minimum absolute atomic E-state index is 0.00237. The minimum Gasteiger partial charge on any atom is -0.496 e. The molecular formula is C20H23Cl2O2P. The normalized spacial score (nSPS) is 23.3. The summed E-state index contributed by atoms with van der Waals surface area (Å²) < 4.78 is 11.3. The summed E-state index contributed by atoms with van der Waals surface area (Å²) in [7, 11) is 6.22. The molecule has 0 saturated heterocycles. The Morgan fingerprint density at radius 1 is 0.960 bits per heavy atom. The highest BCUT2D eigenvalue weighted by Crippen LogP contribution is 2.46. The maximum Gasteiger partial charge on any atom is 0.130 e. The molecule has 5 heteroatoms. The molecule has 1 fully saturated rings. The Labute approximate surface area is 162 Å². The van der Waals surface area contributed by atoms with Crippen molar-refractivity contribution >= 4 is 37.7 Å². The van der Waals surface area contributed by atoms with Crippen LogP contribution < -0.4 is 14.8 Å². The van der Waals surface area contributed by atoms with Gasteiger partial charge in [-0.3, -0.25) is 0 Å². The second kappa shape index (κ2) is 8.16. The quantitative estimate of drug-likeness (QED) is 0.511. The first-order valence-electron chi connectivity index (χ1n) is 8.46. The van der Waals surface area contributed by atoms with Gasteiger partial charge in [0.05, 0.1) is 30.5 Å². The fraction of sp³-hybridized carbons (Fsp3) is 0.400. The summed E-state index contributed by atoms with van der Waals surface area (Å²) in [5, 5.41) is 1.06. The van der Waals surface area contributed by atoms with Crippen molar-refractivity contribution in [1.82, 2.24) is 0 Å². The molecule has 0 aliphatic heterocycles. The fourth-order valence-electron chi connectivity index (χ4n) is 3.74. The molecule has 4 unspecified atom stereocenters. The Morgan fingerprint density at radius 2 is 1.60 bits per heavy atom. The molecule has 1 saturated carbocycles. The number of halogens is 2. The van der Waals surface area contributed by atoms with Gasteiger partial charge < -0.3 is 9.47 Å². The van der Waals surface area contributed by atoms with E-state index >= 15 is 0 Å². The summed E-state index contributed by atoms with van der Waals surface area (Å²) in [5.74, 6) is 1.79. The van der Waals surface area contributed by atoms with Crippen LogP contribution in [0.2, 0.25) is 0 Å². The van der Waals surface area contributed by atoms with Crippen LogP contribution in [-0.4, -0.2) is 25.0 Å². The molecule has 0 amide bonds. The van der Waals surface area contributed by atoms with Gasteiger partial charge in [-0.25, -0.2) is 0 Å². The molecule has 2 aromatic carbocycles. The van der Waals surface area contributed by atoms with Gasteiger partial charge in [0.25, 0.3) is 0 Å². The van der Waals surface area contributed by atoms with E-state index in [1.807, 2.05) is 18.2 Å². The Balaban J connectivity index is 2.21. The SMILES string of the molecule is COc1cccc(OC)c1-c1cccc(P)c1C1CCCC(Cl)C1Cl. The van der Waals surface area contributed by atoms with E-state index < -0.39 is 0 Å². The largest absolute Gasteiger partial charge is 0.496 e. The van der Waals surface area contributed by atoms with Crippen LogP contribution in [-0.2, 0) is 0 Å². The van der Waals surface area contributed by atoms with Gasteiger partial charge in [-0.1, -0.05) is 30.7 Å². The van der Waals surface area contributed by atoms with Crippen molar-refractivity contribution in [2.75, 3.05) is 14.2 Å².